The predicted molar refractivity (Wildman–Crippen MR) is 100 cm³/mol. The molecule has 2 aromatic rings. The van der Waals surface area contributed by atoms with Gasteiger partial charge in [0.25, 0.3) is 0 Å². The molecule has 0 saturated heterocycles. The monoisotopic (exact) mass is 322 g/mol. The summed E-state index contributed by atoms with van der Waals surface area (Å²) in [4.78, 5) is 1.54. The Morgan fingerprint density at radius 3 is 2.48 bits per heavy atom. The van der Waals surface area contributed by atoms with Crippen molar-refractivity contribution in [2.24, 2.45) is 17.8 Å². The number of rotatable bonds is 3. The molecule has 5 unspecified atom stereocenters. The van der Waals surface area contributed by atoms with E-state index >= 15 is 0 Å². The minimum absolute atomic E-state index is 0.771. The fourth-order valence-corrected chi connectivity index (χ4v) is 6.74. The van der Waals surface area contributed by atoms with Gasteiger partial charge in [-0.25, -0.2) is 0 Å². The average molecular weight is 323 g/mol. The minimum atomic E-state index is 0.771. The van der Waals surface area contributed by atoms with E-state index in [4.69, 9.17) is 0 Å². The van der Waals surface area contributed by atoms with Gasteiger partial charge in [0.1, 0.15) is 0 Å². The Morgan fingerprint density at radius 2 is 1.65 bits per heavy atom. The van der Waals surface area contributed by atoms with E-state index in [0.29, 0.717) is 0 Å². The van der Waals surface area contributed by atoms with Gasteiger partial charge in [0.05, 0.1) is 0 Å². The van der Waals surface area contributed by atoms with Gasteiger partial charge >= 0.3 is 0 Å². The molecule has 1 heterocycles. The van der Waals surface area contributed by atoms with Crippen molar-refractivity contribution in [3.05, 3.63) is 65.2 Å². The fraction of sp³-hybridized carbons (Fsp3) is 0.455. The molecule has 2 aliphatic rings. The van der Waals surface area contributed by atoms with E-state index in [1.807, 2.05) is 0 Å². The highest BCUT2D eigenvalue weighted by Crippen LogP contribution is 2.60. The highest BCUT2D eigenvalue weighted by atomic mass is 32.2. The van der Waals surface area contributed by atoms with Crippen molar-refractivity contribution in [3.8, 4) is 0 Å². The second kappa shape index (κ2) is 6.02. The quantitative estimate of drug-likeness (QED) is 0.659. The van der Waals surface area contributed by atoms with Crippen LogP contribution in [0.3, 0.4) is 0 Å². The third-order valence-corrected chi connectivity index (χ3v) is 7.94. The van der Waals surface area contributed by atoms with Crippen LogP contribution in [0.2, 0.25) is 0 Å². The van der Waals surface area contributed by atoms with E-state index in [1.54, 1.807) is 10.5 Å². The Hall–Kier alpha value is -1.21. The van der Waals surface area contributed by atoms with Crippen molar-refractivity contribution in [2.75, 3.05) is 0 Å². The lowest BCUT2D eigenvalue weighted by molar-refractivity contribution is 0.336. The van der Waals surface area contributed by atoms with Gasteiger partial charge < -0.3 is 0 Å². The first-order valence-corrected chi connectivity index (χ1v) is 9.85. The van der Waals surface area contributed by atoms with E-state index in [9.17, 15) is 0 Å². The van der Waals surface area contributed by atoms with E-state index in [1.165, 1.54) is 24.0 Å². The standard InChI is InChI=1S/C22H26S/c1-14-8-4-5-9-17(14)12-13-18-15(2)16(3)21-19-10-6-7-11-20(19)23-22(18)21/h4-11,15-16,18,21-22H,12-13H2,1-3H3. The molecule has 4 rings (SSSR count). The van der Waals surface area contributed by atoms with Gasteiger partial charge in [-0.1, -0.05) is 56.3 Å². The van der Waals surface area contributed by atoms with E-state index < -0.39 is 0 Å². The van der Waals surface area contributed by atoms with Crippen LogP contribution in [0.4, 0.5) is 0 Å². The Labute approximate surface area is 144 Å². The summed E-state index contributed by atoms with van der Waals surface area (Å²) in [5.74, 6) is 3.24. The van der Waals surface area contributed by atoms with Gasteiger partial charge in [0, 0.05) is 16.1 Å². The van der Waals surface area contributed by atoms with Crippen LogP contribution in [0.5, 0.6) is 0 Å². The van der Waals surface area contributed by atoms with Crippen molar-refractivity contribution < 1.29 is 0 Å². The van der Waals surface area contributed by atoms with Crippen LogP contribution in [0.15, 0.2) is 53.4 Å². The first-order valence-electron chi connectivity index (χ1n) is 8.97. The van der Waals surface area contributed by atoms with Crippen LogP contribution in [0, 0.1) is 24.7 Å². The Morgan fingerprint density at radius 1 is 0.913 bits per heavy atom. The van der Waals surface area contributed by atoms with E-state index in [2.05, 4.69) is 81.1 Å². The summed E-state index contributed by atoms with van der Waals surface area (Å²) in [6.45, 7) is 7.23. The van der Waals surface area contributed by atoms with Gasteiger partial charge in [-0.3, -0.25) is 0 Å². The van der Waals surface area contributed by atoms with Crippen LogP contribution >= 0.6 is 11.8 Å². The smallest absolute Gasteiger partial charge is 0.0197 e. The van der Waals surface area contributed by atoms with Crippen molar-refractivity contribution in [2.45, 2.75) is 49.7 Å². The zero-order valence-electron chi connectivity index (χ0n) is 14.3. The Balaban J connectivity index is 1.55. The van der Waals surface area contributed by atoms with Gasteiger partial charge in [-0.05, 0) is 60.3 Å². The van der Waals surface area contributed by atoms with Gasteiger partial charge in [-0.2, -0.15) is 0 Å². The van der Waals surface area contributed by atoms with Gasteiger partial charge in [0.2, 0.25) is 0 Å². The molecule has 1 fully saturated rings. The van der Waals surface area contributed by atoms with Crippen LogP contribution in [-0.2, 0) is 6.42 Å². The largest absolute Gasteiger partial charge is 0.121 e. The molecule has 0 nitrogen and oxygen atoms in total. The first-order chi connectivity index (χ1) is 11.2. The zero-order chi connectivity index (χ0) is 16.0. The molecule has 1 heteroatoms. The third kappa shape index (κ3) is 2.54. The molecule has 23 heavy (non-hydrogen) atoms. The maximum atomic E-state index is 2.49. The number of hydrogen-bond donors (Lipinski definition) is 0. The van der Waals surface area contributed by atoms with Crippen LogP contribution in [-0.4, -0.2) is 5.25 Å². The molecule has 0 aromatic heterocycles. The molecule has 120 valence electrons. The second-order valence-corrected chi connectivity index (χ2v) is 8.71. The lowest BCUT2D eigenvalue weighted by Crippen LogP contribution is -2.17. The van der Waals surface area contributed by atoms with Crippen molar-refractivity contribution in [1.29, 1.82) is 0 Å². The maximum absolute atomic E-state index is 2.49. The highest BCUT2D eigenvalue weighted by Gasteiger charge is 2.50. The summed E-state index contributed by atoms with van der Waals surface area (Å²) >= 11 is 2.16. The molecule has 1 aliphatic carbocycles. The third-order valence-electron chi connectivity index (χ3n) is 6.40. The molecule has 0 amide bonds. The topological polar surface area (TPSA) is 0 Å². The van der Waals surface area contributed by atoms with Crippen molar-refractivity contribution in [3.63, 3.8) is 0 Å². The summed E-state index contributed by atoms with van der Waals surface area (Å²) in [6.07, 6.45) is 2.56. The molecule has 5 atom stereocenters. The summed E-state index contributed by atoms with van der Waals surface area (Å²) < 4.78 is 0. The Bertz CT molecular complexity index is 705. The lowest BCUT2D eigenvalue weighted by Gasteiger charge is -2.22. The van der Waals surface area contributed by atoms with Crippen molar-refractivity contribution in [1.82, 2.24) is 0 Å². The minimum Gasteiger partial charge on any atom is -0.121 e. The van der Waals surface area contributed by atoms with Crippen LogP contribution in [0.1, 0.15) is 42.9 Å². The maximum Gasteiger partial charge on any atom is 0.0197 e. The summed E-state index contributed by atoms with van der Waals surface area (Å²) in [5.41, 5.74) is 4.61. The van der Waals surface area contributed by atoms with E-state index in [-0.39, 0.29) is 0 Å². The van der Waals surface area contributed by atoms with Crippen LogP contribution in [0.25, 0.3) is 0 Å². The predicted octanol–water partition coefficient (Wildman–Crippen LogP) is 6.09. The number of thioether (sulfide) groups is 1. The number of aryl methyl sites for hydroxylation is 2. The van der Waals surface area contributed by atoms with Crippen molar-refractivity contribution >= 4 is 11.8 Å². The molecule has 0 spiro atoms. The highest BCUT2D eigenvalue weighted by molar-refractivity contribution is 8.00. The normalized spacial score (nSPS) is 31.9. The van der Waals surface area contributed by atoms with E-state index in [0.717, 1.165) is 28.9 Å². The zero-order valence-corrected chi connectivity index (χ0v) is 15.1. The number of fused-ring (bicyclic) bond motifs is 3. The molecular formula is C22H26S. The molecule has 2 aromatic carbocycles. The molecule has 1 saturated carbocycles. The SMILES string of the molecule is Cc1ccccc1CCC1C(C)C(C)C2c3ccccc3SC12. The molecule has 1 aliphatic heterocycles. The number of benzene rings is 2. The summed E-state index contributed by atoms with van der Waals surface area (Å²) in [6, 6.07) is 18.0. The first kappa shape index (κ1) is 15.3. The van der Waals surface area contributed by atoms with Gasteiger partial charge in [-0.15, -0.1) is 11.8 Å². The number of hydrogen-bond acceptors (Lipinski definition) is 1. The average Bonchev–Trinajstić information content (AvgIpc) is 3.04. The van der Waals surface area contributed by atoms with Gasteiger partial charge in [0.15, 0.2) is 0 Å². The molecule has 0 bridgehead atoms. The lowest BCUT2D eigenvalue weighted by atomic mass is 9.85. The molecular weight excluding hydrogens is 296 g/mol. The fourth-order valence-electron chi connectivity index (χ4n) is 4.85. The molecule has 0 N–H and O–H groups in total. The molecule has 0 radical (unpaired) electrons. The second-order valence-electron chi connectivity index (χ2n) is 7.49. The Kier molecular flexibility index (Phi) is 4.01. The van der Waals surface area contributed by atoms with Crippen LogP contribution < -0.4 is 0 Å². The summed E-state index contributed by atoms with van der Waals surface area (Å²) in [5, 5.41) is 0.793. The summed E-state index contributed by atoms with van der Waals surface area (Å²) in [7, 11) is 0.